The van der Waals surface area contributed by atoms with Crippen molar-refractivity contribution in [2.75, 3.05) is 0 Å². The van der Waals surface area contributed by atoms with Gasteiger partial charge in [-0.05, 0) is 12.1 Å². The predicted octanol–water partition coefficient (Wildman–Crippen LogP) is 1.34. The van der Waals surface area contributed by atoms with E-state index in [0.717, 1.165) is 6.26 Å². The third-order valence-corrected chi connectivity index (χ3v) is 1.28. The first kappa shape index (κ1) is 9.60. The van der Waals surface area contributed by atoms with Crippen LogP contribution in [-0.4, -0.2) is 12.3 Å². The molecule has 0 aliphatic heterocycles. The van der Waals surface area contributed by atoms with Crippen molar-refractivity contribution in [1.82, 2.24) is 0 Å². The van der Waals surface area contributed by atoms with E-state index in [9.17, 15) is 4.39 Å². The van der Waals surface area contributed by atoms with Crippen LogP contribution in [0.5, 0.6) is 5.75 Å². The molecule has 0 aromatic heterocycles. The summed E-state index contributed by atoms with van der Waals surface area (Å²) < 4.78 is 22.0. The van der Waals surface area contributed by atoms with Gasteiger partial charge in [0.25, 0.3) is 0 Å². The first-order chi connectivity index (χ1) is 6.24. The second-order valence-corrected chi connectivity index (χ2v) is 2.16. The Balaban J connectivity index is 2.63. The molecule has 0 bridgehead atoms. The van der Waals surface area contributed by atoms with Crippen molar-refractivity contribution in [3.63, 3.8) is 0 Å². The topological polar surface area (TPSA) is 38.7 Å². The lowest BCUT2D eigenvalue weighted by molar-refractivity contribution is 0.262. The summed E-state index contributed by atoms with van der Waals surface area (Å²) in [4.78, 5) is 0. The van der Waals surface area contributed by atoms with Crippen molar-refractivity contribution >= 4 is 7.32 Å². The Morgan fingerprint density at radius 3 is 2.77 bits per heavy atom. The normalized spacial score (nSPS) is 9.08. The largest absolute Gasteiger partial charge is 0.784 e. The number of hydrogen-bond donors (Lipinski definition) is 1. The Labute approximate surface area is 75.6 Å². The fraction of sp³-hybridized carbons (Fsp3) is 0. The average Bonchev–Trinajstić information content (AvgIpc) is 2.09. The van der Waals surface area contributed by atoms with E-state index >= 15 is 0 Å². The highest BCUT2D eigenvalue weighted by Gasteiger charge is 2.19. The average molecular weight is 182 g/mol. The van der Waals surface area contributed by atoms with E-state index in [2.05, 4.69) is 15.9 Å². The van der Waals surface area contributed by atoms with Gasteiger partial charge in [0.15, 0.2) is 5.82 Å². The molecule has 0 fully saturated rings. The fourth-order valence-electron chi connectivity index (χ4n) is 0.759. The van der Waals surface area contributed by atoms with E-state index in [-0.39, 0.29) is 5.75 Å². The Kier molecular flexibility index (Phi) is 3.34. The molecule has 0 amide bonds. The van der Waals surface area contributed by atoms with Crippen LogP contribution >= 0.6 is 0 Å². The summed E-state index contributed by atoms with van der Waals surface area (Å²) in [5, 5.41) is 8.94. The van der Waals surface area contributed by atoms with E-state index in [1.165, 1.54) is 18.2 Å². The molecule has 0 aliphatic carbocycles. The molecule has 0 heterocycles. The van der Waals surface area contributed by atoms with Crippen molar-refractivity contribution in [3.05, 3.63) is 42.9 Å². The highest BCUT2D eigenvalue weighted by molar-refractivity contribution is 6.35. The quantitative estimate of drug-likeness (QED) is 0.563. The van der Waals surface area contributed by atoms with Crippen LogP contribution in [0, 0.1) is 5.82 Å². The zero-order valence-electron chi connectivity index (χ0n) is 6.81. The summed E-state index contributed by atoms with van der Waals surface area (Å²) in [5.41, 5.74) is 0. The molecule has 0 saturated carbocycles. The maximum Gasteiger partial charge on any atom is 0.784 e. The summed E-state index contributed by atoms with van der Waals surface area (Å²) >= 11 is 0. The predicted molar refractivity (Wildman–Crippen MR) is 46.3 cm³/mol. The summed E-state index contributed by atoms with van der Waals surface area (Å²) in [6, 6.07) is 5.70. The first-order valence-electron chi connectivity index (χ1n) is 3.59. The maximum absolute atomic E-state index is 12.9. The number of hydrogen-bond acceptors (Lipinski definition) is 3. The molecular formula is C8H8BFO3. The van der Waals surface area contributed by atoms with Crippen LogP contribution in [0.2, 0.25) is 0 Å². The van der Waals surface area contributed by atoms with Crippen molar-refractivity contribution in [2.24, 2.45) is 0 Å². The van der Waals surface area contributed by atoms with E-state index in [1.54, 1.807) is 6.07 Å². The van der Waals surface area contributed by atoms with Gasteiger partial charge >= 0.3 is 7.32 Å². The van der Waals surface area contributed by atoms with Crippen LogP contribution in [0.15, 0.2) is 37.1 Å². The minimum Gasteiger partial charge on any atom is -0.508 e. The van der Waals surface area contributed by atoms with Gasteiger partial charge in [0, 0.05) is 0 Å². The summed E-state index contributed by atoms with van der Waals surface area (Å²) in [7, 11) is -1.53. The number of para-hydroxylation sites is 1. The van der Waals surface area contributed by atoms with Gasteiger partial charge in [0.05, 0.1) is 6.26 Å². The van der Waals surface area contributed by atoms with Gasteiger partial charge in [-0.1, -0.05) is 18.7 Å². The van der Waals surface area contributed by atoms with Crippen molar-refractivity contribution in [2.45, 2.75) is 0 Å². The van der Waals surface area contributed by atoms with Crippen LogP contribution < -0.4 is 4.65 Å². The van der Waals surface area contributed by atoms with Gasteiger partial charge in [-0.15, -0.1) is 0 Å². The Bertz CT molecular complexity index is 292. The molecule has 0 spiro atoms. The lowest BCUT2D eigenvalue weighted by atomic mass is 10.2. The second-order valence-electron chi connectivity index (χ2n) is 2.16. The molecule has 13 heavy (non-hydrogen) atoms. The van der Waals surface area contributed by atoms with E-state index in [0.29, 0.717) is 0 Å². The molecule has 0 radical (unpaired) electrons. The van der Waals surface area contributed by atoms with Gasteiger partial charge in [-0.2, -0.15) is 0 Å². The third-order valence-electron chi connectivity index (χ3n) is 1.28. The van der Waals surface area contributed by atoms with Gasteiger partial charge in [-0.3, -0.25) is 0 Å². The number of rotatable bonds is 4. The lowest BCUT2D eigenvalue weighted by Crippen LogP contribution is -2.24. The van der Waals surface area contributed by atoms with Gasteiger partial charge in [0.1, 0.15) is 5.75 Å². The molecule has 1 rings (SSSR count). The molecule has 68 valence electrons. The van der Waals surface area contributed by atoms with Crippen LogP contribution in [0.25, 0.3) is 0 Å². The highest BCUT2D eigenvalue weighted by atomic mass is 19.1. The Morgan fingerprint density at radius 2 is 2.15 bits per heavy atom. The summed E-state index contributed by atoms with van der Waals surface area (Å²) in [5.74, 6) is -0.633. The monoisotopic (exact) mass is 182 g/mol. The first-order valence-corrected chi connectivity index (χ1v) is 3.59. The second kappa shape index (κ2) is 4.52. The van der Waals surface area contributed by atoms with Gasteiger partial charge < -0.3 is 14.3 Å². The summed E-state index contributed by atoms with van der Waals surface area (Å²) in [6.07, 6.45) is 1.01. The molecule has 1 N–H and O–H groups in total. The van der Waals surface area contributed by atoms with E-state index < -0.39 is 13.1 Å². The third kappa shape index (κ3) is 2.80. The lowest BCUT2D eigenvalue weighted by Gasteiger charge is -2.07. The zero-order valence-corrected chi connectivity index (χ0v) is 6.81. The van der Waals surface area contributed by atoms with Crippen LogP contribution in [-0.2, 0) is 4.65 Å². The molecule has 1 aromatic rings. The molecule has 5 heteroatoms. The van der Waals surface area contributed by atoms with E-state index in [1.807, 2.05) is 0 Å². The van der Waals surface area contributed by atoms with Crippen LogP contribution in [0.1, 0.15) is 0 Å². The summed E-state index contributed by atoms with van der Waals surface area (Å²) in [6.45, 7) is 3.21. The van der Waals surface area contributed by atoms with Crippen LogP contribution in [0.3, 0.4) is 0 Å². The Hall–Kier alpha value is -1.49. The minimum absolute atomic E-state index is 0.0724. The zero-order chi connectivity index (χ0) is 9.68. The molecule has 0 unspecified atom stereocenters. The van der Waals surface area contributed by atoms with Crippen molar-refractivity contribution < 1.29 is 18.7 Å². The standard InChI is InChI=1S/C8H8BFO3/c1-2-12-9(11)13-8-6-4-3-5-7(8)10/h2-6,11H,1H2. The molecule has 0 atom stereocenters. The number of halogens is 1. The highest BCUT2D eigenvalue weighted by Crippen LogP contribution is 2.15. The molecule has 0 aliphatic rings. The molecular weight excluding hydrogens is 174 g/mol. The van der Waals surface area contributed by atoms with Gasteiger partial charge in [-0.25, -0.2) is 4.39 Å². The SMILES string of the molecule is C=COB(O)Oc1ccccc1F. The van der Waals surface area contributed by atoms with Crippen molar-refractivity contribution in [3.8, 4) is 5.75 Å². The molecule has 1 aromatic carbocycles. The maximum atomic E-state index is 12.9. The fourth-order valence-corrected chi connectivity index (χ4v) is 0.759. The molecule has 0 saturated heterocycles. The molecule has 3 nitrogen and oxygen atoms in total. The van der Waals surface area contributed by atoms with Gasteiger partial charge in [0.2, 0.25) is 0 Å². The van der Waals surface area contributed by atoms with Crippen LogP contribution in [0.4, 0.5) is 4.39 Å². The smallest absolute Gasteiger partial charge is 0.508 e. The van der Waals surface area contributed by atoms with E-state index in [4.69, 9.17) is 5.02 Å². The van der Waals surface area contributed by atoms with Crippen molar-refractivity contribution in [1.29, 1.82) is 0 Å². The number of benzene rings is 1. The Morgan fingerprint density at radius 1 is 1.46 bits per heavy atom. The minimum atomic E-state index is -1.53.